The van der Waals surface area contributed by atoms with E-state index in [-0.39, 0.29) is 55.7 Å². The molecule has 0 radical (unpaired) electrons. The Morgan fingerprint density at radius 3 is 2.41 bits per heavy atom. The standard InChI is InChI=1S/C32H36Cl2N6O4/c1-20(22-8-6-5-7-9-22)35-32(44)40-28-18-38(17-23-15-24(33)16-26(34)30(23)36(2)3)31(43)27(39(28)29(42)19-37(40)4)14-21-10-12-25(41)13-11-21/h5-13,15-16,20,27-28,41H,14,17-19H2,1-4H3,(H,35,44)/t20-,27+,28?/m1/s1. The summed E-state index contributed by atoms with van der Waals surface area (Å²) in [6, 6.07) is 18.0. The van der Waals surface area contributed by atoms with Gasteiger partial charge in [0, 0.05) is 39.1 Å². The Balaban J connectivity index is 1.52. The first kappa shape index (κ1) is 31.4. The number of nitrogens with zero attached hydrogens (tertiary/aromatic N) is 5. The third-order valence-electron chi connectivity index (χ3n) is 8.07. The molecular formula is C32H36Cl2N6O4. The van der Waals surface area contributed by atoms with Gasteiger partial charge in [-0.15, -0.1) is 0 Å². The number of phenols is 1. The van der Waals surface area contributed by atoms with E-state index in [4.69, 9.17) is 23.2 Å². The Bertz CT molecular complexity index is 1540. The van der Waals surface area contributed by atoms with Crippen LogP contribution in [0.4, 0.5) is 10.5 Å². The number of fused-ring (bicyclic) bond motifs is 1. The van der Waals surface area contributed by atoms with E-state index in [1.54, 1.807) is 53.4 Å². The third-order valence-corrected chi connectivity index (χ3v) is 8.57. The van der Waals surface area contributed by atoms with E-state index in [9.17, 15) is 19.5 Å². The molecule has 44 heavy (non-hydrogen) atoms. The van der Waals surface area contributed by atoms with E-state index < -0.39 is 12.2 Å². The maximum Gasteiger partial charge on any atom is 0.334 e. The highest BCUT2D eigenvalue weighted by atomic mass is 35.5. The molecule has 1 unspecified atom stereocenters. The lowest BCUT2D eigenvalue weighted by atomic mass is 9.98. The summed E-state index contributed by atoms with van der Waals surface area (Å²) in [5, 5.41) is 16.9. The third kappa shape index (κ3) is 6.43. The topological polar surface area (TPSA) is 99.7 Å². The maximum absolute atomic E-state index is 14.2. The highest BCUT2D eigenvalue weighted by molar-refractivity contribution is 6.36. The Morgan fingerprint density at radius 2 is 1.75 bits per heavy atom. The van der Waals surface area contributed by atoms with Crippen molar-refractivity contribution >= 4 is 46.7 Å². The Labute approximate surface area is 267 Å². The fourth-order valence-corrected chi connectivity index (χ4v) is 6.73. The average molecular weight is 640 g/mol. The summed E-state index contributed by atoms with van der Waals surface area (Å²) in [4.78, 5) is 46.8. The second-order valence-corrected chi connectivity index (χ2v) is 12.3. The van der Waals surface area contributed by atoms with Crippen molar-refractivity contribution in [3.05, 3.63) is 93.5 Å². The summed E-state index contributed by atoms with van der Waals surface area (Å²) >= 11 is 13.0. The summed E-state index contributed by atoms with van der Waals surface area (Å²) in [6.45, 7) is 2.07. The summed E-state index contributed by atoms with van der Waals surface area (Å²) in [7, 11) is 5.42. The fraction of sp³-hybridized carbons (Fsp3) is 0.344. The molecule has 12 heteroatoms. The Kier molecular flexibility index (Phi) is 9.24. The second kappa shape index (κ2) is 12.9. The molecule has 2 aliphatic heterocycles. The van der Waals surface area contributed by atoms with E-state index in [0.717, 1.165) is 22.4 Å². The van der Waals surface area contributed by atoms with Crippen LogP contribution in [0.25, 0.3) is 0 Å². The Morgan fingerprint density at radius 1 is 1.07 bits per heavy atom. The van der Waals surface area contributed by atoms with Crippen molar-refractivity contribution in [3.8, 4) is 5.75 Å². The van der Waals surface area contributed by atoms with Gasteiger partial charge < -0.3 is 25.1 Å². The molecule has 0 spiro atoms. The number of aromatic hydroxyl groups is 1. The zero-order valence-electron chi connectivity index (χ0n) is 25.1. The van der Waals surface area contributed by atoms with Crippen LogP contribution in [-0.4, -0.2) is 89.2 Å². The monoisotopic (exact) mass is 638 g/mol. The first-order chi connectivity index (χ1) is 20.9. The molecule has 2 N–H and O–H groups in total. The van der Waals surface area contributed by atoms with Crippen molar-refractivity contribution in [2.45, 2.75) is 38.1 Å². The molecule has 3 aromatic carbocycles. The van der Waals surface area contributed by atoms with Gasteiger partial charge in [0.25, 0.3) is 0 Å². The number of carbonyl (C=O) groups excluding carboxylic acids is 3. The number of nitrogens with one attached hydrogen (secondary N) is 1. The van der Waals surface area contributed by atoms with Gasteiger partial charge in [-0.05, 0) is 47.9 Å². The summed E-state index contributed by atoms with van der Waals surface area (Å²) in [5.41, 5.74) is 3.17. The van der Waals surface area contributed by atoms with Crippen molar-refractivity contribution < 1.29 is 19.5 Å². The van der Waals surface area contributed by atoms with Gasteiger partial charge in [0.1, 0.15) is 18.0 Å². The molecule has 2 aliphatic rings. The van der Waals surface area contributed by atoms with Crippen LogP contribution in [0.2, 0.25) is 10.0 Å². The largest absolute Gasteiger partial charge is 0.508 e. The van der Waals surface area contributed by atoms with Crippen molar-refractivity contribution in [1.82, 2.24) is 25.1 Å². The fourth-order valence-electron chi connectivity index (χ4n) is 6.03. The molecule has 0 aliphatic carbocycles. The van der Waals surface area contributed by atoms with Crippen LogP contribution in [0.5, 0.6) is 5.75 Å². The van der Waals surface area contributed by atoms with E-state index in [1.165, 1.54) is 9.91 Å². The summed E-state index contributed by atoms with van der Waals surface area (Å²) in [6.07, 6.45) is -0.574. The number of phenolic OH excluding ortho intramolecular Hbond substituents is 1. The molecule has 0 aromatic heterocycles. The SMILES string of the molecule is C[C@@H](NC(=O)N1C2CN(Cc3cc(Cl)cc(Cl)c3N(C)C)C(=O)[C@H](Cc3ccc(O)cc3)N2C(=O)CN1C)c1ccccc1. The van der Waals surface area contributed by atoms with Gasteiger partial charge in [-0.2, -0.15) is 0 Å². The molecule has 4 amide bonds. The number of anilines is 1. The van der Waals surface area contributed by atoms with Gasteiger partial charge in [-0.3, -0.25) is 9.59 Å². The lowest BCUT2D eigenvalue weighted by Gasteiger charge is -2.54. The summed E-state index contributed by atoms with van der Waals surface area (Å²) in [5.74, 6) is -0.413. The first-order valence-electron chi connectivity index (χ1n) is 14.3. The number of carbonyl (C=O) groups is 3. The molecule has 232 valence electrons. The van der Waals surface area contributed by atoms with E-state index >= 15 is 0 Å². The maximum atomic E-state index is 14.2. The number of amides is 4. The van der Waals surface area contributed by atoms with Crippen molar-refractivity contribution in [2.24, 2.45) is 0 Å². The molecule has 0 bridgehead atoms. The molecule has 5 rings (SSSR count). The Hall–Kier alpha value is -3.99. The van der Waals surface area contributed by atoms with Gasteiger partial charge in [0.15, 0.2) is 0 Å². The van der Waals surface area contributed by atoms with Crippen LogP contribution >= 0.6 is 23.2 Å². The van der Waals surface area contributed by atoms with E-state index in [2.05, 4.69) is 5.32 Å². The number of rotatable bonds is 7. The summed E-state index contributed by atoms with van der Waals surface area (Å²) < 4.78 is 0. The number of piperazine rings is 1. The number of urea groups is 1. The van der Waals surface area contributed by atoms with E-state index in [0.29, 0.717) is 10.0 Å². The predicted octanol–water partition coefficient (Wildman–Crippen LogP) is 4.51. The van der Waals surface area contributed by atoms with Crippen LogP contribution in [0.1, 0.15) is 29.7 Å². The minimum atomic E-state index is -0.890. The van der Waals surface area contributed by atoms with Crippen LogP contribution in [0.15, 0.2) is 66.7 Å². The minimum Gasteiger partial charge on any atom is -0.508 e. The van der Waals surface area contributed by atoms with Crippen LogP contribution in [0, 0.1) is 0 Å². The van der Waals surface area contributed by atoms with E-state index in [1.807, 2.05) is 56.3 Å². The van der Waals surface area contributed by atoms with Crippen molar-refractivity contribution in [2.75, 3.05) is 39.1 Å². The highest BCUT2D eigenvalue weighted by Gasteiger charge is 2.51. The zero-order valence-corrected chi connectivity index (χ0v) is 26.6. The smallest absolute Gasteiger partial charge is 0.334 e. The van der Waals surface area contributed by atoms with Gasteiger partial charge >= 0.3 is 6.03 Å². The number of hydrogen-bond acceptors (Lipinski definition) is 6. The molecule has 3 atom stereocenters. The molecular weight excluding hydrogens is 603 g/mol. The number of likely N-dealkylation sites (N-methyl/N-ethyl adjacent to an activating group) is 1. The minimum absolute atomic E-state index is 0.0718. The van der Waals surface area contributed by atoms with Crippen molar-refractivity contribution in [1.29, 1.82) is 0 Å². The zero-order chi connectivity index (χ0) is 31.7. The van der Waals surface area contributed by atoms with Crippen LogP contribution < -0.4 is 10.2 Å². The molecule has 0 saturated carbocycles. The van der Waals surface area contributed by atoms with Crippen molar-refractivity contribution in [3.63, 3.8) is 0 Å². The number of hydrazine groups is 1. The van der Waals surface area contributed by atoms with Crippen LogP contribution in [0.3, 0.4) is 0 Å². The first-order valence-corrected chi connectivity index (χ1v) is 15.1. The lowest BCUT2D eigenvalue weighted by molar-refractivity contribution is -0.187. The number of halogens is 2. The molecule has 2 heterocycles. The number of benzene rings is 3. The predicted molar refractivity (Wildman–Crippen MR) is 170 cm³/mol. The molecule has 3 aromatic rings. The average Bonchev–Trinajstić information content (AvgIpc) is 2.96. The van der Waals surface area contributed by atoms with Crippen LogP contribution in [-0.2, 0) is 22.6 Å². The van der Waals surface area contributed by atoms with Gasteiger partial charge in [-0.25, -0.2) is 14.8 Å². The van der Waals surface area contributed by atoms with Gasteiger partial charge in [0.2, 0.25) is 11.8 Å². The van der Waals surface area contributed by atoms with Gasteiger partial charge in [0.05, 0.1) is 29.8 Å². The highest BCUT2D eigenvalue weighted by Crippen LogP contribution is 2.35. The quantitative estimate of drug-likeness (QED) is 0.395. The molecule has 2 saturated heterocycles. The second-order valence-electron chi connectivity index (χ2n) is 11.4. The lowest BCUT2D eigenvalue weighted by Crippen LogP contribution is -2.76. The normalized spacial score (nSPS) is 19.5. The molecule has 2 fully saturated rings. The van der Waals surface area contributed by atoms with Gasteiger partial charge in [-0.1, -0.05) is 65.7 Å². The number of hydrogen-bond donors (Lipinski definition) is 2. The molecule has 10 nitrogen and oxygen atoms in total.